The Morgan fingerprint density at radius 3 is 2.37 bits per heavy atom. The Balaban J connectivity index is 0.854. The lowest BCUT2D eigenvalue weighted by atomic mass is 10.0. The summed E-state index contributed by atoms with van der Waals surface area (Å²) in [6.07, 6.45) is -1.73. The molecule has 3 aromatic carbocycles. The Hall–Kier alpha value is -6.27. The molecule has 0 spiro atoms. The first-order valence-corrected chi connectivity index (χ1v) is 20.6. The molecule has 0 radical (unpaired) electrons. The minimum atomic E-state index is -4.71. The van der Waals surface area contributed by atoms with Crippen molar-refractivity contribution in [3.63, 3.8) is 0 Å². The Kier molecular flexibility index (Phi) is 12.0. The molecule has 326 valence electrons. The van der Waals surface area contributed by atoms with Crippen LogP contribution in [0.5, 0.6) is 5.75 Å². The van der Waals surface area contributed by atoms with Crippen molar-refractivity contribution < 1.29 is 41.5 Å². The maximum atomic E-state index is 15.8. The molecule has 0 saturated carbocycles. The van der Waals surface area contributed by atoms with E-state index in [-0.39, 0.29) is 53.6 Å². The highest BCUT2D eigenvalue weighted by molar-refractivity contribution is 6.05. The summed E-state index contributed by atoms with van der Waals surface area (Å²) in [7, 11) is 2.97. The number of fused-ring (bicyclic) bond motifs is 1. The summed E-state index contributed by atoms with van der Waals surface area (Å²) in [4.78, 5) is 62.0. The molecule has 0 bridgehead atoms. The molecule has 1 atom stereocenters. The van der Waals surface area contributed by atoms with Crippen LogP contribution in [0, 0.1) is 5.82 Å². The van der Waals surface area contributed by atoms with E-state index in [0.717, 1.165) is 64.0 Å². The second kappa shape index (κ2) is 17.6. The highest BCUT2D eigenvalue weighted by Gasteiger charge is 2.41. The maximum absolute atomic E-state index is 15.8. The van der Waals surface area contributed by atoms with E-state index in [0.29, 0.717) is 35.2 Å². The Labute approximate surface area is 355 Å². The molecule has 4 aliphatic heterocycles. The molecular formula is C44H47F4N9O5. The molecule has 3 saturated heterocycles. The number of halogens is 4. The zero-order valence-electron chi connectivity index (χ0n) is 34.3. The molecule has 14 nitrogen and oxygen atoms in total. The molecule has 18 heteroatoms. The summed E-state index contributed by atoms with van der Waals surface area (Å²) < 4.78 is 63.8. The standard InChI is InChI=1S/C44H47F4N9O5/c1-49-41(59)30-5-3-4-6-33(30)51-35-22-38(50-23-32(35)44(46,47)48)52-34-10-8-28(21-37(34)62-2)55-15-13-27(14-16-55)56-19-17-54(18-20-56)24-26-7-9-29-31(40(26)45)25-57(43(29)61)36-11-12-39(58)53-42(36)60/h3-10,21-23,27,36H,11-20,24-25H2,1-2H3,(H,49,59)(H2,50,51,52)(H,53,58,60). The van der Waals surface area contributed by atoms with Gasteiger partial charge in [0.25, 0.3) is 11.8 Å². The van der Waals surface area contributed by atoms with E-state index in [9.17, 15) is 32.3 Å². The van der Waals surface area contributed by atoms with Crippen molar-refractivity contribution >= 4 is 52.2 Å². The number of carbonyl (C=O) groups excluding carboxylic acids is 4. The lowest BCUT2D eigenvalue weighted by molar-refractivity contribution is -0.138. The van der Waals surface area contributed by atoms with Crippen LogP contribution in [-0.4, -0.2) is 109 Å². The van der Waals surface area contributed by atoms with Gasteiger partial charge in [-0.05, 0) is 49.6 Å². The molecule has 1 unspecified atom stereocenters. The number of imide groups is 1. The van der Waals surface area contributed by atoms with E-state index in [4.69, 9.17) is 4.74 Å². The number of anilines is 5. The zero-order valence-corrected chi connectivity index (χ0v) is 34.3. The summed E-state index contributed by atoms with van der Waals surface area (Å²) in [6.45, 7) is 5.22. The number of methoxy groups -OCH3 is 1. The number of piperazine rings is 1. The first-order valence-electron chi connectivity index (χ1n) is 20.6. The molecule has 4 aromatic rings. The molecule has 62 heavy (non-hydrogen) atoms. The largest absolute Gasteiger partial charge is 0.494 e. The average molecular weight is 858 g/mol. The number of benzene rings is 3. The van der Waals surface area contributed by atoms with E-state index in [1.54, 1.807) is 24.3 Å². The highest BCUT2D eigenvalue weighted by Crippen LogP contribution is 2.39. The number of hydrogen-bond acceptors (Lipinski definition) is 11. The number of nitrogens with zero attached hydrogens (tertiary/aromatic N) is 5. The third kappa shape index (κ3) is 8.74. The van der Waals surface area contributed by atoms with Gasteiger partial charge in [0, 0.05) is 106 Å². The van der Waals surface area contributed by atoms with E-state index in [2.05, 4.69) is 41.0 Å². The molecule has 5 heterocycles. The fraction of sp³-hybridized carbons (Fsp3) is 0.386. The summed E-state index contributed by atoms with van der Waals surface area (Å²) in [6, 6.07) is 16.1. The van der Waals surface area contributed by atoms with Crippen molar-refractivity contribution in [2.45, 2.75) is 57.0 Å². The summed E-state index contributed by atoms with van der Waals surface area (Å²) in [5.74, 6) is -1.53. The van der Waals surface area contributed by atoms with Gasteiger partial charge in [-0.25, -0.2) is 9.37 Å². The smallest absolute Gasteiger partial charge is 0.419 e. The van der Waals surface area contributed by atoms with Crippen molar-refractivity contribution in [1.29, 1.82) is 0 Å². The third-order valence-electron chi connectivity index (χ3n) is 12.2. The van der Waals surface area contributed by atoms with Crippen molar-refractivity contribution in [3.8, 4) is 5.75 Å². The molecule has 1 aromatic heterocycles. The van der Waals surface area contributed by atoms with Crippen LogP contribution in [0.15, 0.2) is 66.9 Å². The van der Waals surface area contributed by atoms with Crippen molar-refractivity contribution in [2.24, 2.45) is 0 Å². The topological polar surface area (TPSA) is 151 Å². The van der Waals surface area contributed by atoms with Gasteiger partial charge in [-0.2, -0.15) is 13.2 Å². The van der Waals surface area contributed by atoms with Crippen molar-refractivity contribution in [3.05, 3.63) is 100 Å². The van der Waals surface area contributed by atoms with Crippen molar-refractivity contribution in [2.75, 3.05) is 69.0 Å². The van der Waals surface area contributed by atoms with Crippen LogP contribution in [0.2, 0.25) is 0 Å². The number of piperidine rings is 2. The maximum Gasteiger partial charge on any atom is 0.419 e. The second-order valence-corrected chi connectivity index (χ2v) is 15.9. The number of rotatable bonds is 11. The van der Waals surface area contributed by atoms with Crippen LogP contribution in [0.25, 0.3) is 0 Å². The van der Waals surface area contributed by atoms with Gasteiger partial charge in [0.2, 0.25) is 11.8 Å². The SMILES string of the molecule is CNC(=O)c1ccccc1Nc1cc(Nc2ccc(N3CCC(N4CCN(Cc5ccc6c(c5F)CN(C5CCC(=O)NC5=O)C6=O)CC4)CC3)cc2OC)ncc1C(F)(F)F. The number of para-hydroxylation sites is 1. The minimum Gasteiger partial charge on any atom is -0.494 e. The van der Waals surface area contributed by atoms with Gasteiger partial charge in [-0.1, -0.05) is 18.2 Å². The van der Waals surface area contributed by atoms with Crippen LogP contribution >= 0.6 is 0 Å². The fourth-order valence-corrected chi connectivity index (χ4v) is 8.83. The first-order chi connectivity index (χ1) is 29.8. The fourth-order valence-electron chi connectivity index (χ4n) is 8.83. The minimum absolute atomic E-state index is 0.00119. The number of aromatic nitrogens is 1. The summed E-state index contributed by atoms with van der Waals surface area (Å²) >= 11 is 0. The molecule has 4 amide bonds. The first kappa shape index (κ1) is 42.4. The summed E-state index contributed by atoms with van der Waals surface area (Å²) in [5, 5.41) is 10.7. The highest BCUT2D eigenvalue weighted by atomic mass is 19.4. The quantitative estimate of drug-likeness (QED) is 0.110. The number of amides is 4. The lowest BCUT2D eigenvalue weighted by Gasteiger charge is -2.43. The Bertz CT molecular complexity index is 2380. The van der Waals surface area contributed by atoms with Gasteiger partial charge >= 0.3 is 6.18 Å². The Morgan fingerprint density at radius 2 is 1.66 bits per heavy atom. The number of ether oxygens (including phenoxy) is 1. The zero-order chi connectivity index (χ0) is 43.7. The number of alkyl halides is 3. The number of pyridine rings is 1. The molecule has 0 aliphatic carbocycles. The van der Waals surface area contributed by atoms with Gasteiger partial charge in [-0.15, -0.1) is 0 Å². The van der Waals surface area contributed by atoms with Crippen LogP contribution in [0.4, 0.5) is 46.1 Å². The van der Waals surface area contributed by atoms with Crippen molar-refractivity contribution in [1.82, 2.24) is 30.3 Å². The predicted octanol–water partition coefficient (Wildman–Crippen LogP) is 5.64. The van der Waals surface area contributed by atoms with Gasteiger partial charge in [0.15, 0.2) is 0 Å². The molecule has 3 fully saturated rings. The predicted molar refractivity (Wildman–Crippen MR) is 223 cm³/mol. The Morgan fingerprint density at radius 1 is 0.903 bits per heavy atom. The van der Waals surface area contributed by atoms with Crippen LogP contribution in [0.1, 0.15) is 63.1 Å². The van der Waals surface area contributed by atoms with E-state index >= 15 is 4.39 Å². The van der Waals surface area contributed by atoms with Gasteiger partial charge < -0.3 is 30.5 Å². The molecule has 4 N–H and O–H groups in total. The second-order valence-electron chi connectivity index (χ2n) is 15.9. The van der Waals surface area contributed by atoms with E-state index < -0.39 is 41.3 Å². The number of hydrogen-bond donors (Lipinski definition) is 4. The van der Waals surface area contributed by atoms with E-state index in [1.165, 1.54) is 37.3 Å². The monoisotopic (exact) mass is 857 g/mol. The molecule has 4 aliphatic rings. The van der Waals surface area contributed by atoms with Crippen LogP contribution in [-0.2, 0) is 28.9 Å². The van der Waals surface area contributed by atoms with Gasteiger partial charge in [-0.3, -0.25) is 34.3 Å². The third-order valence-corrected chi connectivity index (χ3v) is 12.2. The van der Waals surface area contributed by atoms with Crippen LogP contribution < -0.4 is 30.9 Å². The molecular weight excluding hydrogens is 811 g/mol. The normalized spacial score (nSPS) is 19.0. The summed E-state index contributed by atoms with van der Waals surface area (Å²) in [5.41, 5.74) is 1.65. The van der Waals surface area contributed by atoms with Gasteiger partial charge in [0.05, 0.1) is 41.8 Å². The number of nitrogens with one attached hydrogen (secondary N) is 4. The van der Waals surface area contributed by atoms with Crippen LogP contribution in [0.3, 0.4) is 0 Å². The van der Waals surface area contributed by atoms with E-state index in [1.807, 2.05) is 18.2 Å². The molecule has 8 rings (SSSR count). The van der Waals surface area contributed by atoms with Gasteiger partial charge in [0.1, 0.15) is 23.4 Å². The lowest BCUT2D eigenvalue weighted by Crippen LogP contribution is -2.53. The number of carbonyl (C=O) groups is 4. The average Bonchev–Trinajstić information content (AvgIpc) is 3.60.